The van der Waals surface area contributed by atoms with Crippen LogP contribution in [0.15, 0.2) is 72.0 Å². The zero-order chi connectivity index (χ0) is 20.7. The van der Waals surface area contributed by atoms with Crippen LogP contribution in [0.25, 0.3) is 32.7 Å². The fourth-order valence-electron chi connectivity index (χ4n) is 3.55. The van der Waals surface area contributed by atoms with E-state index in [1.54, 1.807) is 18.3 Å². The van der Waals surface area contributed by atoms with E-state index in [9.17, 15) is 10.1 Å². The number of benzene rings is 2. The highest BCUT2D eigenvalue weighted by molar-refractivity contribution is 6.20. The summed E-state index contributed by atoms with van der Waals surface area (Å²) in [5, 5.41) is 18.2. The molecule has 0 amide bonds. The average molecular weight is 396 g/mol. The largest absolute Gasteiger partial charge is 0.354 e. The van der Waals surface area contributed by atoms with Gasteiger partial charge in [-0.25, -0.2) is 4.98 Å². The van der Waals surface area contributed by atoms with Crippen molar-refractivity contribution in [1.29, 1.82) is 0 Å². The summed E-state index contributed by atoms with van der Waals surface area (Å²) in [6.07, 6.45) is 1.72. The molecule has 0 unspecified atom stereocenters. The van der Waals surface area contributed by atoms with Crippen molar-refractivity contribution in [3.05, 3.63) is 82.7 Å². The average Bonchev–Trinajstić information content (AvgIpc) is 3.17. The van der Waals surface area contributed by atoms with E-state index >= 15 is 0 Å². The molecule has 0 aliphatic heterocycles. The third-order valence-electron chi connectivity index (χ3n) is 5.00. The van der Waals surface area contributed by atoms with Crippen LogP contribution < -0.4 is 5.43 Å². The van der Waals surface area contributed by atoms with Crippen molar-refractivity contribution in [2.24, 2.45) is 5.10 Å². The minimum absolute atomic E-state index is 0.0222. The molecule has 0 atom stereocenters. The van der Waals surface area contributed by atoms with E-state index in [0.29, 0.717) is 22.4 Å². The maximum Gasteiger partial charge on any atom is 0.270 e. The Morgan fingerprint density at radius 2 is 1.93 bits per heavy atom. The Kier molecular flexibility index (Phi) is 4.10. The van der Waals surface area contributed by atoms with Crippen molar-refractivity contribution in [2.75, 3.05) is 5.43 Å². The molecule has 5 rings (SSSR count). The first-order valence-corrected chi connectivity index (χ1v) is 9.32. The van der Waals surface area contributed by atoms with Gasteiger partial charge >= 0.3 is 0 Å². The smallest absolute Gasteiger partial charge is 0.270 e. The van der Waals surface area contributed by atoms with Crippen LogP contribution in [0.2, 0.25) is 0 Å². The van der Waals surface area contributed by atoms with Crippen molar-refractivity contribution >= 4 is 49.9 Å². The Labute approximate surface area is 170 Å². The van der Waals surface area contributed by atoms with Gasteiger partial charge in [0, 0.05) is 34.6 Å². The number of nitrogens with one attached hydrogen (secondary N) is 2. The topological polar surface area (TPSA) is 109 Å². The predicted octanol–water partition coefficient (Wildman–Crippen LogP) is 5.01. The van der Waals surface area contributed by atoms with Crippen LogP contribution in [-0.4, -0.2) is 25.6 Å². The lowest BCUT2D eigenvalue weighted by Gasteiger charge is -2.07. The minimum Gasteiger partial charge on any atom is -0.354 e. The maximum absolute atomic E-state index is 11.3. The number of hydrogen-bond donors (Lipinski definition) is 2. The Morgan fingerprint density at radius 1 is 1.10 bits per heavy atom. The summed E-state index contributed by atoms with van der Waals surface area (Å²) in [5.41, 5.74) is 6.90. The monoisotopic (exact) mass is 396 g/mol. The summed E-state index contributed by atoms with van der Waals surface area (Å²) in [6, 6.07) is 18.1. The fourth-order valence-corrected chi connectivity index (χ4v) is 3.55. The van der Waals surface area contributed by atoms with Gasteiger partial charge in [0.1, 0.15) is 0 Å². The Bertz CT molecular complexity index is 1460. The van der Waals surface area contributed by atoms with Crippen LogP contribution >= 0.6 is 0 Å². The SMILES string of the molecule is C/C(=N\Nc1nc2ccc([N+](=O)[O-])cc2c2[nH]c3ccccc3c12)c1ccccn1. The number of nitrogens with zero attached hydrogens (tertiary/aromatic N) is 4. The molecule has 2 aromatic carbocycles. The molecular formula is C22H16N6O2. The van der Waals surface area contributed by atoms with E-state index in [1.165, 1.54) is 6.07 Å². The molecule has 0 radical (unpaired) electrons. The summed E-state index contributed by atoms with van der Waals surface area (Å²) in [4.78, 5) is 23.3. The number of hydrazone groups is 1. The normalized spacial score (nSPS) is 12.0. The molecule has 0 aliphatic carbocycles. The lowest BCUT2D eigenvalue weighted by atomic mass is 10.1. The molecule has 8 heteroatoms. The molecule has 0 bridgehead atoms. The van der Waals surface area contributed by atoms with Crippen molar-refractivity contribution in [3.63, 3.8) is 0 Å². The molecule has 30 heavy (non-hydrogen) atoms. The maximum atomic E-state index is 11.3. The summed E-state index contributed by atoms with van der Waals surface area (Å²) in [6.45, 7) is 1.87. The Hall–Kier alpha value is -4.33. The van der Waals surface area contributed by atoms with Crippen LogP contribution in [-0.2, 0) is 0 Å². The number of nitro groups is 1. The van der Waals surface area contributed by atoms with Gasteiger partial charge in [-0.05, 0) is 31.2 Å². The van der Waals surface area contributed by atoms with Gasteiger partial charge in [0.25, 0.3) is 5.69 Å². The molecule has 2 N–H and O–H groups in total. The van der Waals surface area contributed by atoms with Crippen LogP contribution in [0, 0.1) is 10.1 Å². The standard InChI is InChI=1S/C22H16N6O2/c1-13(17-7-4-5-11-23-17)26-27-22-20-15-6-2-3-8-18(15)24-21(20)16-12-14(28(29)30)9-10-19(16)25-22/h2-12,24H,1H3,(H,25,27)/b26-13+. The van der Waals surface area contributed by atoms with E-state index in [-0.39, 0.29) is 5.69 Å². The number of nitro benzene ring substituents is 1. The third-order valence-corrected chi connectivity index (χ3v) is 5.00. The number of anilines is 1. The van der Waals surface area contributed by atoms with Gasteiger partial charge in [-0.1, -0.05) is 24.3 Å². The van der Waals surface area contributed by atoms with Gasteiger partial charge in [0.15, 0.2) is 5.82 Å². The predicted molar refractivity (Wildman–Crippen MR) is 118 cm³/mol. The summed E-state index contributed by atoms with van der Waals surface area (Å²) >= 11 is 0. The summed E-state index contributed by atoms with van der Waals surface area (Å²) < 4.78 is 0. The first-order valence-electron chi connectivity index (χ1n) is 9.32. The highest BCUT2D eigenvalue weighted by Gasteiger charge is 2.16. The second-order valence-corrected chi connectivity index (χ2v) is 6.86. The number of non-ortho nitro benzene ring substituents is 1. The number of aromatic nitrogens is 3. The van der Waals surface area contributed by atoms with Crippen molar-refractivity contribution in [1.82, 2.24) is 15.0 Å². The zero-order valence-corrected chi connectivity index (χ0v) is 16.0. The van der Waals surface area contributed by atoms with Crippen LogP contribution in [0.3, 0.4) is 0 Å². The molecule has 0 fully saturated rings. The van der Waals surface area contributed by atoms with E-state index in [1.807, 2.05) is 49.4 Å². The van der Waals surface area contributed by atoms with E-state index in [4.69, 9.17) is 4.98 Å². The molecule has 0 saturated heterocycles. The van der Waals surface area contributed by atoms with Crippen molar-refractivity contribution in [2.45, 2.75) is 6.92 Å². The molecule has 3 heterocycles. The summed E-state index contributed by atoms with van der Waals surface area (Å²) in [5.74, 6) is 0.569. The van der Waals surface area contributed by atoms with Gasteiger partial charge in [-0.15, -0.1) is 0 Å². The van der Waals surface area contributed by atoms with Gasteiger partial charge in [-0.2, -0.15) is 5.10 Å². The third kappa shape index (κ3) is 2.91. The van der Waals surface area contributed by atoms with Crippen molar-refractivity contribution < 1.29 is 4.92 Å². The van der Waals surface area contributed by atoms with E-state index < -0.39 is 4.92 Å². The van der Waals surface area contributed by atoms with E-state index in [2.05, 4.69) is 20.5 Å². The number of rotatable bonds is 4. The van der Waals surface area contributed by atoms with Crippen LogP contribution in [0.1, 0.15) is 12.6 Å². The molecule has 0 saturated carbocycles. The van der Waals surface area contributed by atoms with Gasteiger partial charge in [-0.3, -0.25) is 20.5 Å². The fraction of sp³-hybridized carbons (Fsp3) is 0.0455. The number of aromatic amines is 1. The second-order valence-electron chi connectivity index (χ2n) is 6.86. The van der Waals surface area contributed by atoms with Crippen LogP contribution in [0.5, 0.6) is 0 Å². The van der Waals surface area contributed by atoms with Gasteiger partial charge < -0.3 is 4.98 Å². The lowest BCUT2D eigenvalue weighted by molar-refractivity contribution is -0.384. The van der Waals surface area contributed by atoms with Crippen LogP contribution in [0.4, 0.5) is 11.5 Å². The molecule has 0 spiro atoms. The second kappa shape index (κ2) is 6.93. The highest BCUT2D eigenvalue weighted by Crippen LogP contribution is 2.36. The first kappa shape index (κ1) is 17.7. The number of pyridine rings is 2. The lowest BCUT2D eigenvalue weighted by Crippen LogP contribution is -2.03. The molecular weight excluding hydrogens is 380 g/mol. The minimum atomic E-state index is -0.402. The number of H-pyrrole nitrogens is 1. The summed E-state index contributed by atoms with van der Waals surface area (Å²) in [7, 11) is 0. The quantitative estimate of drug-likeness (QED) is 0.252. The highest BCUT2D eigenvalue weighted by atomic mass is 16.6. The zero-order valence-electron chi connectivity index (χ0n) is 16.0. The van der Waals surface area contributed by atoms with E-state index in [0.717, 1.165) is 27.5 Å². The molecule has 0 aliphatic rings. The number of fused-ring (bicyclic) bond motifs is 5. The van der Waals surface area contributed by atoms with Crippen molar-refractivity contribution in [3.8, 4) is 0 Å². The van der Waals surface area contributed by atoms with Gasteiger partial charge in [0.05, 0.1) is 32.7 Å². The molecule has 146 valence electrons. The molecule has 5 aromatic rings. The first-order chi connectivity index (χ1) is 14.6. The number of para-hydroxylation sites is 1. The molecule has 8 nitrogen and oxygen atoms in total. The van der Waals surface area contributed by atoms with Gasteiger partial charge in [0.2, 0.25) is 0 Å². The molecule has 3 aromatic heterocycles. The Balaban J connectivity index is 1.74. The number of hydrogen-bond acceptors (Lipinski definition) is 6. The Morgan fingerprint density at radius 3 is 2.73 bits per heavy atom.